The Hall–Kier alpha value is -2.03. The van der Waals surface area contributed by atoms with Crippen molar-refractivity contribution in [2.45, 2.75) is 43.4 Å². The zero-order valence-corrected chi connectivity index (χ0v) is 14.2. The lowest BCUT2D eigenvalue weighted by Gasteiger charge is -2.35. The van der Waals surface area contributed by atoms with E-state index >= 15 is 0 Å². The summed E-state index contributed by atoms with van der Waals surface area (Å²) in [4.78, 5) is 2.11. The Balaban J connectivity index is 2.05. The van der Waals surface area contributed by atoms with Crippen molar-refractivity contribution in [1.82, 2.24) is 4.90 Å². The smallest absolute Gasteiger partial charge is 0.166 e. The summed E-state index contributed by atoms with van der Waals surface area (Å²) in [6.45, 7) is 2.83. The van der Waals surface area contributed by atoms with E-state index < -0.39 is 6.10 Å². The fourth-order valence-corrected chi connectivity index (χ4v) is 4.55. The van der Waals surface area contributed by atoms with Crippen LogP contribution < -0.4 is 9.47 Å². The van der Waals surface area contributed by atoms with Crippen LogP contribution in [0.2, 0.25) is 0 Å². The SMILES string of the molecule is COc1cc(C)c2c3c1O[C@@H]1CC(O)C=CC31CCN(C)C2C#N. The maximum Gasteiger partial charge on any atom is 0.166 e. The molecule has 1 aliphatic carbocycles. The monoisotopic (exact) mass is 326 g/mol. The molecule has 126 valence electrons. The van der Waals surface area contributed by atoms with Gasteiger partial charge in [-0.3, -0.25) is 4.90 Å². The Morgan fingerprint density at radius 1 is 1.50 bits per heavy atom. The Morgan fingerprint density at radius 3 is 3.00 bits per heavy atom. The predicted octanol–water partition coefficient (Wildman–Crippen LogP) is 2.22. The number of benzene rings is 1. The van der Waals surface area contributed by atoms with Crippen LogP contribution in [-0.2, 0) is 5.41 Å². The van der Waals surface area contributed by atoms with E-state index in [4.69, 9.17) is 9.47 Å². The molecule has 2 heterocycles. The highest BCUT2D eigenvalue weighted by atomic mass is 16.5. The van der Waals surface area contributed by atoms with Crippen molar-refractivity contribution in [3.05, 3.63) is 34.9 Å². The molecule has 0 radical (unpaired) electrons. The first-order valence-electron chi connectivity index (χ1n) is 8.37. The molecule has 4 rings (SSSR count). The molecule has 0 amide bonds. The molecular formula is C19H22N2O3. The minimum Gasteiger partial charge on any atom is -0.493 e. The largest absolute Gasteiger partial charge is 0.493 e. The van der Waals surface area contributed by atoms with Crippen LogP contribution in [0.25, 0.3) is 0 Å². The number of aliphatic hydroxyl groups is 1. The van der Waals surface area contributed by atoms with E-state index in [1.807, 2.05) is 26.1 Å². The molecule has 5 heteroatoms. The van der Waals surface area contributed by atoms with Gasteiger partial charge in [-0.15, -0.1) is 0 Å². The number of hydrogen-bond donors (Lipinski definition) is 1. The van der Waals surface area contributed by atoms with Crippen LogP contribution in [0.15, 0.2) is 18.2 Å². The van der Waals surface area contributed by atoms with Crippen molar-refractivity contribution in [3.8, 4) is 17.6 Å². The zero-order chi connectivity index (χ0) is 17.1. The van der Waals surface area contributed by atoms with Gasteiger partial charge in [0.1, 0.15) is 12.1 Å². The molecule has 1 N–H and O–H groups in total. The van der Waals surface area contributed by atoms with Crippen LogP contribution in [0.5, 0.6) is 11.5 Å². The average Bonchev–Trinajstić information content (AvgIpc) is 2.82. The molecule has 5 nitrogen and oxygen atoms in total. The number of hydrogen-bond acceptors (Lipinski definition) is 5. The van der Waals surface area contributed by atoms with Gasteiger partial charge in [0.15, 0.2) is 11.5 Å². The molecule has 0 saturated carbocycles. The van der Waals surface area contributed by atoms with Gasteiger partial charge in [-0.05, 0) is 37.6 Å². The van der Waals surface area contributed by atoms with Crippen LogP contribution >= 0.6 is 0 Å². The summed E-state index contributed by atoms with van der Waals surface area (Å²) >= 11 is 0. The molecule has 1 aromatic rings. The third-order valence-electron chi connectivity index (χ3n) is 5.80. The topological polar surface area (TPSA) is 65.7 Å². The zero-order valence-electron chi connectivity index (χ0n) is 14.2. The number of ether oxygens (including phenoxy) is 2. The molecule has 0 bridgehead atoms. The second kappa shape index (κ2) is 5.23. The molecule has 1 spiro atoms. The van der Waals surface area contributed by atoms with E-state index in [9.17, 15) is 10.4 Å². The van der Waals surface area contributed by atoms with Gasteiger partial charge in [-0.2, -0.15) is 5.26 Å². The van der Waals surface area contributed by atoms with E-state index in [1.54, 1.807) is 7.11 Å². The molecule has 3 aliphatic rings. The van der Waals surface area contributed by atoms with Crippen LogP contribution in [-0.4, -0.2) is 42.9 Å². The average molecular weight is 326 g/mol. The Kier molecular flexibility index (Phi) is 3.38. The minimum atomic E-state index is -0.488. The number of aliphatic hydroxyl groups excluding tert-OH is 1. The van der Waals surface area contributed by atoms with Gasteiger partial charge in [0, 0.05) is 18.5 Å². The van der Waals surface area contributed by atoms with Gasteiger partial charge in [0.2, 0.25) is 0 Å². The lowest BCUT2D eigenvalue weighted by molar-refractivity contribution is 0.0817. The standard InChI is InChI=1S/C19H22N2O3/c1-11-8-14(23-3)18-17-16(11)13(10-20)21(2)7-6-19(17)5-4-12(22)9-15(19)24-18/h4-5,8,12-13,15,22H,6-7,9H2,1-3H3/t12?,13?,15-,19?/m1/s1. The van der Waals surface area contributed by atoms with Crippen molar-refractivity contribution in [1.29, 1.82) is 5.26 Å². The molecule has 0 aromatic heterocycles. The predicted molar refractivity (Wildman–Crippen MR) is 89.2 cm³/mol. The first kappa shape index (κ1) is 15.5. The number of methoxy groups -OCH3 is 1. The Labute approximate surface area is 142 Å². The van der Waals surface area contributed by atoms with Crippen molar-refractivity contribution >= 4 is 0 Å². The molecule has 0 fully saturated rings. The molecule has 24 heavy (non-hydrogen) atoms. The lowest BCUT2D eigenvalue weighted by Crippen LogP contribution is -2.42. The van der Waals surface area contributed by atoms with Crippen molar-refractivity contribution in [2.75, 3.05) is 20.7 Å². The van der Waals surface area contributed by atoms with Crippen LogP contribution in [0.4, 0.5) is 0 Å². The maximum absolute atomic E-state index is 10.1. The third kappa shape index (κ3) is 1.87. The molecule has 2 aliphatic heterocycles. The summed E-state index contributed by atoms with van der Waals surface area (Å²) in [6, 6.07) is 4.12. The normalized spacial score (nSPS) is 33.9. The van der Waals surface area contributed by atoms with Crippen LogP contribution in [0.3, 0.4) is 0 Å². The first-order valence-corrected chi connectivity index (χ1v) is 8.37. The number of aryl methyl sites for hydroxylation is 1. The Bertz CT molecular complexity index is 767. The highest BCUT2D eigenvalue weighted by molar-refractivity contribution is 5.64. The molecule has 1 aromatic carbocycles. The van der Waals surface area contributed by atoms with Crippen molar-refractivity contribution < 1.29 is 14.6 Å². The van der Waals surface area contributed by atoms with Gasteiger partial charge in [0.05, 0.1) is 24.7 Å². The van der Waals surface area contributed by atoms with Crippen LogP contribution in [0, 0.1) is 18.3 Å². The van der Waals surface area contributed by atoms with Gasteiger partial charge in [-0.1, -0.05) is 12.2 Å². The summed E-state index contributed by atoms with van der Waals surface area (Å²) in [5.74, 6) is 1.46. The number of rotatable bonds is 1. The highest BCUT2D eigenvalue weighted by Crippen LogP contribution is 2.57. The van der Waals surface area contributed by atoms with Gasteiger partial charge in [-0.25, -0.2) is 0 Å². The van der Waals surface area contributed by atoms with Crippen LogP contribution in [0.1, 0.15) is 35.6 Å². The van der Waals surface area contributed by atoms with E-state index in [2.05, 4.69) is 17.0 Å². The second-order valence-corrected chi connectivity index (χ2v) is 7.08. The fraction of sp³-hybridized carbons (Fsp3) is 0.526. The summed E-state index contributed by atoms with van der Waals surface area (Å²) in [5, 5.41) is 19.9. The molecule has 3 unspecified atom stereocenters. The fourth-order valence-electron chi connectivity index (χ4n) is 4.55. The van der Waals surface area contributed by atoms with E-state index in [0.717, 1.165) is 35.4 Å². The second-order valence-electron chi connectivity index (χ2n) is 7.08. The first-order chi connectivity index (χ1) is 11.5. The molecule has 0 saturated heterocycles. The third-order valence-corrected chi connectivity index (χ3v) is 5.80. The lowest BCUT2D eigenvalue weighted by atomic mass is 9.68. The highest BCUT2D eigenvalue weighted by Gasteiger charge is 2.54. The van der Waals surface area contributed by atoms with E-state index in [0.29, 0.717) is 12.2 Å². The van der Waals surface area contributed by atoms with Gasteiger partial charge in [0.25, 0.3) is 0 Å². The minimum absolute atomic E-state index is 0.118. The number of nitriles is 1. The van der Waals surface area contributed by atoms with Gasteiger partial charge >= 0.3 is 0 Å². The molecular weight excluding hydrogens is 304 g/mol. The van der Waals surface area contributed by atoms with Gasteiger partial charge < -0.3 is 14.6 Å². The van der Waals surface area contributed by atoms with Crippen molar-refractivity contribution in [3.63, 3.8) is 0 Å². The summed E-state index contributed by atoms with van der Waals surface area (Å²) in [5.41, 5.74) is 2.89. The number of nitrogens with zero attached hydrogens (tertiary/aromatic N) is 2. The maximum atomic E-state index is 10.1. The summed E-state index contributed by atoms with van der Waals surface area (Å²) < 4.78 is 11.9. The molecule has 4 atom stereocenters. The summed E-state index contributed by atoms with van der Waals surface area (Å²) in [7, 11) is 3.64. The summed E-state index contributed by atoms with van der Waals surface area (Å²) in [6.07, 6.45) is 4.80. The Morgan fingerprint density at radius 2 is 2.29 bits per heavy atom. The van der Waals surface area contributed by atoms with E-state index in [-0.39, 0.29) is 17.6 Å². The van der Waals surface area contributed by atoms with E-state index in [1.165, 1.54) is 0 Å². The quantitative estimate of drug-likeness (QED) is 0.802. The van der Waals surface area contributed by atoms with Crippen molar-refractivity contribution in [2.24, 2.45) is 0 Å².